The number of rotatable bonds is 3. The predicted octanol–water partition coefficient (Wildman–Crippen LogP) is 3.97. The number of aromatic nitrogens is 4. The Kier molecular flexibility index (Phi) is 3.47. The van der Waals surface area contributed by atoms with Gasteiger partial charge in [-0.3, -0.25) is 0 Å². The van der Waals surface area contributed by atoms with Crippen LogP contribution in [0.3, 0.4) is 0 Å². The number of hydrogen-bond donors (Lipinski definition) is 0. The van der Waals surface area contributed by atoms with Crippen LogP contribution in [0, 0.1) is 5.82 Å². The van der Waals surface area contributed by atoms with E-state index in [2.05, 4.69) is 15.1 Å². The quantitative estimate of drug-likeness (QED) is 0.687. The summed E-state index contributed by atoms with van der Waals surface area (Å²) in [5.74, 6) is -1.03. The summed E-state index contributed by atoms with van der Waals surface area (Å²) in [5.41, 5.74) is -0.447. The van der Waals surface area contributed by atoms with Gasteiger partial charge in [0.1, 0.15) is 11.3 Å². The lowest BCUT2D eigenvalue weighted by Crippen LogP contribution is -2.01. The van der Waals surface area contributed by atoms with Crippen LogP contribution in [0.2, 0.25) is 0 Å². The van der Waals surface area contributed by atoms with Crippen LogP contribution < -0.4 is 0 Å². The fraction of sp³-hybridized carbons (Fsp3) is 0.154. The third kappa shape index (κ3) is 2.38. The molecule has 0 saturated carbocycles. The highest BCUT2D eigenvalue weighted by molar-refractivity contribution is 5.73. The van der Waals surface area contributed by atoms with Crippen molar-refractivity contribution in [1.82, 2.24) is 19.7 Å². The van der Waals surface area contributed by atoms with Gasteiger partial charge < -0.3 is 0 Å². The van der Waals surface area contributed by atoms with Crippen LogP contribution in [0.4, 0.5) is 22.0 Å². The minimum absolute atomic E-state index is 0.0840. The van der Waals surface area contributed by atoms with Gasteiger partial charge in [-0.25, -0.2) is 23.1 Å². The lowest BCUT2D eigenvalue weighted by molar-refractivity contribution is 0.0608. The van der Waals surface area contributed by atoms with E-state index in [0.717, 1.165) is 24.5 Å². The molecule has 0 bridgehead atoms. The van der Waals surface area contributed by atoms with E-state index in [0.29, 0.717) is 4.68 Å². The molecule has 0 aliphatic rings. The molecule has 3 aromatic rings. The Morgan fingerprint density at radius 2 is 1.82 bits per heavy atom. The van der Waals surface area contributed by atoms with Crippen LogP contribution in [-0.4, -0.2) is 19.7 Å². The minimum atomic E-state index is -2.97. The molecule has 0 fully saturated rings. The normalized spacial score (nSPS) is 11.8. The van der Waals surface area contributed by atoms with E-state index in [1.165, 1.54) is 6.07 Å². The highest BCUT2D eigenvalue weighted by atomic mass is 19.3. The van der Waals surface area contributed by atoms with Gasteiger partial charge in [-0.15, -0.1) is 0 Å². The monoisotopic (exact) mass is 314 g/mol. The maximum absolute atomic E-state index is 13.3. The molecule has 0 aliphatic carbocycles. The minimum Gasteiger partial charge on any atom is -0.241 e. The predicted molar refractivity (Wildman–Crippen MR) is 66.9 cm³/mol. The largest absolute Gasteiger partial charge is 0.335 e. The van der Waals surface area contributed by atoms with Gasteiger partial charge in [0.25, 0.3) is 6.43 Å². The van der Waals surface area contributed by atoms with Gasteiger partial charge in [-0.1, -0.05) is 0 Å². The van der Waals surface area contributed by atoms with Crippen LogP contribution in [0.1, 0.15) is 18.5 Å². The first-order chi connectivity index (χ1) is 10.5. The number of fused-ring (bicyclic) bond motifs is 1. The van der Waals surface area contributed by atoms with Gasteiger partial charge in [-0.2, -0.15) is 18.6 Å². The van der Waals surface area contributed by atoms with Crippen LogP contribution >= 0.6 is 0 Å². The average molecular weight is 314 g/mol. The van der Waals surface area contributed by atoms with Gasteiger partial charge in [0.05, 0.1) is 23.7 Å². The molecule has 0 aliphatic heterocycles. The summed E-state index contributed by atoms with van der Waals surface area (Å²) >= 11 is 0. The Hall–Kier alpha value is -2.58. The second-order valence-electron chi connectivity index (χ2n) is 4.37. The van der Waals surface area contributed by atoms with E-state index < -0.39 is 24.4 Å². The zero-order valence-electron chi connectivity index (χ0n) is 10.7. The fourth-order valence-corrected chi connectivity index (χ4v) is 1.98. The third-order valence-corrected chi connectivity index (χ3v) is 3.01. The van der Waals surface area contributed by atoms with E-state index in [-0.39, 0.29) is 22.4 Å². The molecule has 114 valence electrons. The van der Waals surface area contributed by atoms with Crippen molar-refractivity contribution in [3.8, 4) is 11.3 Å². The number of nitrogens with zero attached hydrogens (tertiary/aromatic N) is 4. The first-order valence-corrected chi connectivity index (χ1v) is 6.03. The number of hydrogen-bond acceptors (Lipinski definition) is 3. The Labute approximate surface area is 120 Å². The summed E-state index contributed by atoms with van der Waals surface area (Å²) in [5, 5.41) is 3.45. The van der Waals surface area contributed by atoms with E-state index in [1.54, 1.807) is 0 Å². The lowest BCUT2D eigenvalue weighted by atomic mass is 10.1. The van der Waals surface area contributed by atoms with Crippen LogP contribution in [0.15, 0.2) is 30.6 Å². The molecule has 0 amide bonds. The fourth-order valence-electron chi connectivity index (χ4n) is 1.98. The summed E-state index contributed by atoms with van der Waals surface area (Å²) in [4.78, 5) is 7.84. The maximum Gasteiger partial charge on any atom is 0.335 e. The van der Waals surface area contributed by atoms with Gasteiger partial charge in [0.2, 0.25) is 0 Å². The van der Waals surface area contributed by atoms with Crippen molar-refractivity contribution in [2.24, 2.45) is 0 Å². The number of benzene rings is 1. The van der Waals surface area contributed by atoms with Crippen molar-refractivity contribution in [3.63, 3.8) is 0 Å². The molecule has 0 N–H and O–H groups in total. The zero-order chi connectivity index (χ0) is 15.9. The molecule has 2 heterocycles. The molecule has 1 aromatic carbocycles. The van der Waals surface area contributed by atoms with Crippen molar-refractivity contribution < 1.29 is 22.0 Å². The van der Waals surface area contributed by atoms with Gasteiger partial charge in [0.15, 0.2) is 5.65 Å². The Bertz CT molecular complexity index is 830. The molecule has 0 saturated heterocycles. The molecular weight excluding hydrogens is 307 g/mol. The summed E-state index contributed by atoms with van der Waals surface area (Å²) in [7, 11) is 0. The third-order valence-electron chi connectivity index (χ3n) is 3.01. The summed E-state index contributed by atoms with van der Waals surface area (Å²) < 4.78 is 64.3. The highest BCUT2D eigenvalue weighted by Crippen LogP contribution is 2.28. The molecule has 0 unspecified atom stereocenters. The van der Waals surface area contributed by atoms with E-state index in [9.17, 15) is 22.0 Å². The van der Waals surface area contributed by atoms with Gasteiger partial charge in [0, 0.05) is 5.56 Å². The Morgan fingerprint density at radius 1 is 1.05 bits per heavy atom. The highest BCUT2D eigenvalue weighted by Gasteiger charge is 2.17. The molecule has 22 heavy (non-hydrogen) atoms. The molecule has 2 aromatic heterocycles. The first-order valence-electron chi connectivity index (χ1n) is 6.03. The SMILES string of the molecule is Fc1ccc(-c2cnc3c(cnn3C(F)F)n2)cc1C(F)F. The van der Waals surface area contributed by atoms with E-state index >= 15 is 0 Å². The molecule has 4 nitrogen and oxygen atoms in total. The topological polar surface area (TPSA) is 43.6 Å². The molecule has 9 heteroatoms. The van der Waals surface area contributed by atoms with Crippen LogP contribution in [0.25, 0.3) is 22.4 Å². The first kappa shape index (κ1) is 14.4. The average Bonchev–Trinajstić information content (AvgIpc) is 2.90. The Balaban J connectivity index is 2.09. The smallest absolute Gasteiger partial charge is 0.241 e. The standard InChI is InChI=1S/C13H7F5N4/c14-8-2-1-6(3-7(8)11(15)16)9-4-19-12-10(21-9)5-20-22(12)13(17)18/h1-5,11,13H. The summed E-state index contributed by atoms with van der Waals surface area (Å²) in [6, 6.07) is 3.10. The zero-order valence-corrected chi connectivity index (χ0v) is 10.7. The van der Waals surface area contributed by atoms with Crippen molar-refractivity contribution in [2.45, 2.75) is 13.0 Å². The molecule has 0 radical (unpaired) electrons. The second kappa shape index (κ2) is 5.32. The van der Waals surface area contributed by atoms with Crippen LogP contribution in [-0.2, 0) is 0 Å². The summed E-state index contributed by atoms with van der Waals surface area (Å²) in [6.07, 6.45) is -0.737. The Morgan fingerprint density at radius 3 is 2.50 bits per heavy atom. The molecule has 0 atom stereocenters. The second-order valence-corrected chi connectivity index (χ2v) is 4.37. The van der Waals surface area contributed by atoms with Gasteiger partial charge >= 0.3 is 6.55 Å². The molecular formula is C13H7F5N4. The van der Waals surface area contributed by atoms with Crippen molar-refractivity contribution in [3.05, 3.63) is 42.0 Å². The van der Waals surface area contributed by atoms with Crippen LogP contribution in [0.5, 0.6) is 0 Å². The number of alkyl halides is 4. The van der Waals surface area contributed by atoms with Crippen molar-refractivity contribution in [1.29, 1.82) is 0 Å². The molecule has 3 rings (SSSR count). The van der Waals surface area contributed by atoms with Crippen molar-refractivity contribution >= 4 is 11.2 Å². The maximum atomic E-state index is 13.3. The van der Waals surface area contributed by atoms with E-state index in [4.69, 9.17) is 0 Å². The van der Waals surface area contributed by atoms with Gasteiger partial charge in [-0.05, 0) is 18.2 Å². The summed E-state index contributed by atoms with van der Waals surface area (Å²) in [6.45, 7) is -2.87. The van der Waals surface area contributed by atoms with E-state index in [1.807, 2.05) is 0 Å². The lowest BCUT2D eigenvalue weighted by Gasteiger charge is -2.06. The van der Waals surface area contributed by atoms with Crippen molar-refractivity contribution in [2.75, 3.05) is 0 Å². The number of halogens is 5. The molecule has 0 spiro atoms.